The lowest BCUT2D eigenvalue weighted by atomic mass is 9.98. The van der Waals surface area contributed by atoms with Crippen molar-refractivity contribution in [1.29, 1.82) is 0 Å². The first-order chi connectivity index (χ1) is 8.31. The Kier molecular flexibility index (Phi) is 3.05. The van der Waals surface area contributed by atoms with Crippen LogP contribution in [-0.2, 0) is 11.3 Å². The molecule has 0 saturated heterocycles. The zero-order valence-electron chi connectivity index (χ0n) is 9.72. The van der Waals surface area contributed by atoms with Crippen LogP contribution in [0.3, 0.4) is 0 Å². The number of hydrogen-bond acceptors (Lipinski definition) is 3. The molecule has 0 spiro atoms. The SMILES string of the molecule is O=C(NCc1cccs1)O[C@H]1C[C@@H]2CC[C@@H]1C2. The monoisotopic (exact) mass is 251 g/mol. The minimum Gasteiger partial charge on any atom is -0.446 e. The maximum Gasteiger partial charge on any atom is 0.407 e. The number of ether oxygens (including phenoxy) is 1. The lowest BCUT2D eigenvalue weighted by Crippen LogP contribution is -2.31. The summed E-state index contributed by atoms with van der Waals surface area (Å²) in [5, 5.41) is 4.83. The van der Waals surface area contributed by atoms with Gasteiger partial charge in [-0.3, -0.25) is 0 Å². The van der Waals surface area contributed by atoms with Crippen LogP contribution in [0.5, 0.6) is 0 Å². The fourth-order valence-electron chi connectivity index (χ4n) is 3.08. The van der Waals surface area contributed by atoms with E-state index in [-0.39, 0.29) is 12.2 Å². The number of hydrogen-bond donors (Lipinski definition) is 1. The van der Waals surface area contributed by atoms with Crippen LogP contribution in [0, 0.1) is 11.8 Å². The Morgan fingerprint density at radius 3 is 3.06 bits per heavy atom. The molecular formula is C13H17NO2S. The highest BCUT2D eigenvalue weighted by Crippen LogP contribution is 2.45. The van der Waals surface area contributed by atoms with Crippen molar-refractivity contribution in [3.05, 3.63) is 22.4 Å². The second-order valence-electron chi connectivity index (χ2n) is 5.05. The fraction of sp³-hybridized carbons (Fsp3) is 0.615. The third-order valence-corrected chi connectivity index (χ3v) is 4.80. The van der Waals surface area contributed by atoms with E-state index in [1.54, 1.807) is 11.3 Å². The van der Waals surface area contributed by atoms with Crippen molar-refractivity contribution in [3.8, 4) is 0 Å². The molecular weight excluding hydrogens is 234 g/mol. The minimum absolute atomic E-state index is 0.178. The van der Waals surface area contributed by atoms with Crippen LogP contribution in [-0.4, -0.2) is 12.2 Å². The van der Waals surface area contributed by atoms with E-state index in [1.807, 2.05) is 17.5 Å². The smallest absolute Gasteiger partial charge is 0.407 e. The summed E-state index contributed by atoms with van der Waals surface area (Å²) in [5.41, 5.74) is 0. The molecule has 17 heavy (non-hydrogen) atoms. The van der Waals surface area contributed by atoms with Gasteiger partial charge in [-0.2, -0.15) is 0 Å². The summed E-state index contributed by atoms with van der Waals surface area (Å²) < 4.78 is 5.50. The predicted octanol–water partition coefficient (Wildman–Crippen LogP) is 3.16. The molecule has 92 valence electrons. The number of thiophene rings is 1. The third kappa shape index (κ3) is 2.46. The normalized spacial score (nSPS) is 30.5. The number of carbonyl (C=O) groups is 1. The van der Waals surface area contributed by atoms with E-state index in [9.17, 15) is 4.79 Å². The standard InChI is InChI=1S/C13H17NO2S/c15-13(14-8-11-2-1-5-17-11)16-12-7-9-3-4-10(12)6-9/h1-2,5,9-10,12H,3-4,6-8H2,(H,14,15)/t9-,10-,12+/m1/s1. The number of carbonyl (C=O) groups excluding carboxylic acids is 1. The first kappa shape index (κ1) is 11.1. The van der Waals surface area contributed by atoms with Gasteiger partial charge in [0.2, 0.25) is 0 Å². The average molecular weight is 251 g/mol. The molecule has 0 radical (unpaired) electrons. The summed E-state index contributed by atoms with van der Waals surface area (Å²) in [4.78, 5) is 12.8. The Balaban J connectivity index is 1.44. The van der Waals surface area contributed by atoms with E-state index in [2.05, 4.69) is 5.32 Å². The first-order valence-corrected chi connectivity index (χ1v) is 7.16. The molecule has 1 heterocycles. The van der Waals surface area contributed by atoms with E-state index in [0.29, 0.717) is 12.5 Å². The highest BCUT2D eigenvalue weighted by molar-refractivity contribution is 7.09. The van der Waals surface area contributed by atoms with Gasteiger partial charge in [0.1, 0.15) is 6.10 Å². The molecule has 0 unspecified atom stereocenters. The molecule has 4 heteroatoms. The van der Waals surface area contributed by atoms with Crippen molar-refractivity contribution in [3.63, 3.8) is 0 Å². The average Bonchev–Trinajstić information content (AvgIpc) is 3.03. The van der Waals surface area contributed by atoms with Crippen LogP contribution >= 0.6 is 11.3 Å². The van der Waals surface area contributed by atoms with Gasteiger partial charge in [-0.15, -0.1) is 11.3 Å². The van der Waals surface area contributed by atoms with Gasteiger partial charge in [0.15, 0.2) is 0 Å². The van der Waals surface area contributed by atoms with Gasteiger partial charge in [0.05, 0.1) is 6.54 Å². The van der Waals surface area contributed by atoms with Gasteiger partial charge in [0, 0.05) is 4.88 Å². The molecule has 3 atom stereocenters. The van der Waals surface area contributed by atoms with Crippen LogP contribution < -0.4 is 5.32 Å². The topological polar surface area (TPSA) is 38.3 Å². The second-order valence-corrected chi connectivity index (χ2v) is 6.08. The van der Waals surface area contributed by atoms with Crippen molar-refractivity contribution in [2.45, 2.75) is 38.3 Å². The highest BCUT2D eigenvalue weighted by atomic mass is 32.1. The molecule has 1 N–H and O–H groups in total. The molecule has 2 aliphatic carbocycles. The lowest BCUT2D eigenvalue weighted by Gasteiger charge is -2.21. The van der Waals surface area contributed by atoms with Crippen LogP contribution in [0.1, 0.15) is 30.6 Å². The number of fused-ring (bicyclic) bond motifs is 2. The Morgan fingerprint density at radius 2 is 2.41 bits per heavy atom. The Labute approximate surface area is 105 Å². The lowest BCUT2D eigenvalue weighted by molar-refractivity contribution is 0.0647. The van der Waals surface area contributed by atoms with E-state index < -0.39 is 0 Å². The van der Waals surface area contributed by atoms with Crippen molar-refractivity contribution in [1.82, 2.24) is 5.32 Å². The Morgan fingerprint density at radius 1 is 1.47 bits per heavy atom. The Hall–Kier alpha value is -1.03. The van der Waals surface area contributed by atoms with Crippen LogP contribution in [0.25, 0.3) is 0 Å². The van der Waals surface area contributed by atoms with Gasteiger partial charge in [-0.05, 0) is 49.0 Å². The summed E-state index contributed by atoms with van der Waals surface area (Å²) in [6.45, 7) is 0.581. The van der Waals surface area contributed by atoms with Crippen LogP contribution in [0.15, 0.2) is 17.5 Å². The molecule has 3 nitrogen and oxygen atoms in total. The minimum atomic E-state index is -0.254. The number of alkyl carbamates (subject to hydrolysis) is 1. The molecule has 2 aliphatic rings. The zero-order chi connectivity index (χ0) is 11.7. The first-order valence-electron chi connectivity index (χ1n) is 6.28. The number of rotatable bonds is 3. The van der Waals surface area contributed by atoms with Gasteiger partial charge in [-0.1, -0.05) is 6.07 Å². The van der Waals surface area contributed by atoms with E-state index >= 15 is 0 Å². The fourth-order valence-corrected chi connectivity index (χ4v) is 3.73. The third-order valence-electron chi connectivity index (χ3n) is 3.92. The number of nitrogens with one attached hydrogen (secondary N) is 1. The molecule has 3 rings (SSSR count). The highest BCUT2D eigenvalue weighted by Gasteiger charge is 2.41. The maximum absolute atomic E-state index is 11.6. The summed E-state index contributed by atoms with van der Waals surface area (Å²) in [5.74, 6) is 1.45. The largest absolute Gasteiger partial charge is 0.446 e. The summed E-state index contributed by atoms with van der Waals surface area (Å²) in [6.07, 6.45) is 4.85. The van der Waals surface area contributed by atoms with Crippen molar-refractivity contribution < 1.29 is 9.53 Å². The van der Waals surface area contributed by atoms with Crippen molar-refractivity contribution in [2.75, 3.05) is 0 Å². The van der Waals surface area contributed by atoms with E-state index in [4.69, 9.17) is 4.74 Å². The van der Waals surface area contributed by atoms with E-state index in [0.717, 1.165) is 17.2 Å². The molecule has 0 aliphatic heterocycles. The number of amides is 1. The molecule has 1 amide bonds. The summed E-state index contributed by atoms with van der Waals surface area (Å²) in [7, 11) is 0. The molecule has 2 saturated carbocycles. The molecule has 1 aromatic rings. The quantitative estimate of drug-likeness (QED) is 0.896. The van der Waals surface area contributed by atoms with E-state index in [1.165, 1.54) is 19.3 Å². The van der Waals surface area contributed by atoms with Crippen LogP contribution in [0.4, 0.5) is 4.79 Å². The molecule has 2 bridgehead atoms. The van der Waals surface area contributed by atoms with Gasteiger partial charge >= 0.3 is 6.09 Å². The van der Waals surface area contributed by atoms with Gasteiger partial charge in [-0.25, -0.2) is 4.79 Å². The summed E-state index contributed by atoms with van der Waals surface area (Å²) >= 11 is 1.65. The predicted molar refractivity (Wildman–Crippen MR) is 66.9 cm³/mol. The Bertz CT molecular complexity index is 390. The summed E-state index contributed by atoms with van der Waals surface area (Å²) in [6, 6.07) is 4.01. The second kappa shape index (κ2) is 4.69. The van der Waals surface area contributed by atoms with Gasteiger partial charge < -0.3 is 10.1 Å². The molecule has 1 aromatic heterocycles. The van der Waals surface area contributed by atoms with Crippen molar-refractivity contribution >= 4 is 17.4 Å². The van der Waals surface area contributed by atoms with Gasteiger partial charge in [0.25, 0.3) is 0 Å². The molecule has 0 aromatic carbocycles. The molecule has 2 fully saturated rings. The van der Waals surface area contributed by atoms with Crippen molar-refractivity contribution in [2.24, 2.45) is 11.8 Å². The van der Waals surface area contributed by atoms with Crippen LogP contribution in [0.2, 0.25) is 0 Å². The maximum atomic E-state index is 11.6. The zero-order valence-corrected chi connectivity index (χ0v) is 10.5.